The Labute approximate surface area is 558 Å². The van der Waals surface area contributed by atoms with Gasteiger partial charge in [0.2, 0.25) is 11.1 Å². The number of ketones is 1. The molecule has 12 N–H and O–H groups in total. The molecule has 10 aliphatic rings. The van der Waals surface area contributed by atoms with Crippen molar-refractivity contribution in [3.63, 3.8) is 0 Å². The second kappa shape index (κ2) is 33.4. The molecule has 4 amide bonds. The van der Waals surface area contributed by atoms with Gasteiger partial charge in [-0.25, -0.2) is 0 Å². The highest BCUT2D eigenvalue weighted by Crippen LogP contribution is 2.52. The SMILES string of the molecule is CCOP(=O)(CC#N)OCC.N#CC=C1CCC2(CC1)COC2.N#CCC1(n2cc(C(N)=O)c(N)n2)CCC2(CC1)COC2.N#CCC1(n2cc(C(N)=O)c(NC(=O)C3CC3)n2)CCC2(CC1)COC2.NC(=O)c1cn[nH]c1N.O=C(Cl)C1CC1.O=C1CCC2(CC1)COC2. The summed E-state index contributed by atoms with van der Waals surface area (Å²) in [5, 5.41) is 52.5. The second-order valence-electron chi connectivity index (χ2n) is 26.7. The summed E-state index contributed by atoms with van der Waals surface area (Å²) in [4.78, 5) is 66.5. The van der Waals surface area contributed by atoms with E-state index in [2.05, 4.69) is 43.9 Å². The van der Waals surface area contributed by atoms with E-state index >= 15 is 0 Å². The Morgan fingerprint density at radius 2 is 1.06 bits per heavy atom. The van der Waals surface area contributed by atoms with Crippen molar-refractivity contribution in [2.24, 2.45) is 50.7 Å². The zero-order valence-corrected chi connectivity index (χ0v) is 56.0. The molecule has 10 fully saturated rings. The highest BCUT2D eigenvalue weighted by Gasteiger charge is 2.50. The molecule has 6 aliphatic carbocycles. The van der Waals surface area contributed by atoms with Crippen LogP contribution < -0.4 is 34.0 Å². The number of hydrogen-bond acceptors (Lipinski definition) is 22. The monoisotopic (exact) mass is 1360 g/mol. The van der Waals surface area contributed by atoms with Crippen molar-refractivity contribution >= 4 is 71.3 Å². The average Bonchev–Trinajstić information content (AvgIpc) is 1.71. The molecule has 3 aromatic rings. The van der Waals surface area contributed by atoms with Crippen molar-refractivity contribution in [2.45, 2.75) is 166 Å². The summed E-state index contributed by atoms with van der Waals surface area (Å²) in [5.41, 5.74) is 29.2. The van der Waals surface area contributed by atoms with E-state index in [1.54, 1.807) is 47.8 Å². The third-order valence-corrected chi connectivity index (χ3v) is 21.7. The Morgan fingerprint density at radius 3 is 1.38 bits per heavy atom. The number of nitriles is 4. The number of halogens is 1. The van der Waals surface area contributed by atoms with Crippen LogP contribution in [0.5, 0.6) is 0 Å². The molecule has 0 aromatic carbocycles. The summed E-state index contributed by atoms with van der Waals surface area (Å²) in [6.45, 7) is 10.9. The van der Waals surface area contributed by atoms with Crippen LogP contribution in [-0.2, 0) is 58.0 Å². The van der Waals surface area contributed by atoms with E-state index in [-0.39, 0.29) is 74.1 Å². The van der Waals surface area contributed by atoms with Gasteiger partial charge in [0.1, 0.15) is 34.5 Å². The van der Waals surface area contributed by atoms with Crippen LogP contribution in [0.25, 0.3) is 0 Å². The van der Waals surface area contributed by atoms with Gasteiger partial charge in [-0.2, -0.15) is 36.3 Å². The predicted molar refractivity (Wildman–Crippen MR) is 346 cm³/mol. The molecule has 29 nitrogen and oxygen atoms in total. The molecule has 0 bridgehead atoms. The number of nitrogens with zero attached hydrogens (tertiary/aromatic N) is 9. The Balaban J connectivity index is 0.000000165. The number of aromatic nitrogens is 6. The lowest BCUT2D eigenvalue weighted by atomic mass is 9.65. The fraction of sp³-hybridized carbons (Fsp3) is 0.672. The minimum Gasteiger partial charge on any atom is -0.383 e. The number of Topliss-reactive ketones (excluding diaryl/α,β-unsaturated/α-hetero) is 1. The van der Waals surface area contributed by atoms with Gasteiger partial charge in [-0.3, -0.25) is 47.8 Å². The number of nitrogens with one attached hydrogen (secondary N) is 2. The number of anilines is 3. The van der Waals surface area contributed by atoms with Crippen molar-refractivity contribution in [3.05, 3.63) is 46.9 Å². The lowest BCUT2D eigenvalue weighted by molar-refractivity contribution is -0.145. The van der Waals surface area contributed by atoms with Crippen LogP contribution in [0.2, 0.25) is 0 Å². The van der Waals surface area contributed by atoms with Crippen molar-refractivity contribution in [2.75, 3.05) is 89.0 Å². The number of allylic oxidation sites excluding steroid dienone is 2. The number of ether oxygens (including phenoxy) is 4. The molecule has 3 aromatic heterocycles. The Morgan fingerprint density at radius 1 is 0.642 bits per heavy atom. The van der Waals surface area contributed by atoms with Gasteiger partial charge in [-0.05, 0) is 141 Å². The molecule has 7 heterocycles. The molecule has 31 heteroatoms. The minimum atomic E-state index is -3.08. The van der Waals surface area contributed by atoms with Crippen LogP contribution in [0.1, 0.15) is 186 Å². The summed E-state index contributed by atoms with van der Waals surface area (Å²) in [6, 6.07) is 8.39. The average molecular weight is 1360 g/mol. The number of nitrogens with two attached hydrogens (primary N) is 5. The van der Waals surface area contributed by atoms with E-state index in [1.165, 1.54) is 24.6 Å². The molecule has 4 saturated heterocycles. The van der Waals surface area contributed by atoms with Crippen LogP contribution in [0.3, 0.4) is 0 Å². The molecular weight excluding hydrogens is 1270 g/mol. The maximum absolute atomic E-state index is 12.1. The number of nitrogen functional groups attached to an aromatic ring is 2. The van der Waals surface area contributed by atoms with E-state index in [1.807, 2.05) is 0 Å². The molecule has 0 unspecified atom stereocenters. The summed E-state index contributed by atoms with van der Waals surface area (Å²) < 4.78 is 45.5. The summed E-state index contributed by atoms with van der Waals surface area (Å²) in [6.07, 6.45) is 26.0. The van der Waals surface area contributed by atoms with Crippen LogP contribution in [-0.4, -0.2) is 137 Å². The van der Waals surface area contributed by atoms with Gasteiger partial charge >= 0.3 is 7.60 Å². The third kappa shape index (κ3) is 20.0. The summed E-state index contributed by atoms with van der Waals surface area (Å²) in [7, 11) is -3.08. The lowest BCUT2D eigenvalue weighted by Gasteiger charge is -2.50. The summed E-state index contributed by atoms with van der Waals surface area (Å²) in [5.74, 6) is -0.693. The number of amides is 4. The van der Waals surface area contributed by atoms with Gasteiger partial charge in [0.25, 0.3) is 17.7 Å². The molecule has 6 saturated carbocycles. The summed E-state index contributed by atoms with van der Waals surface area (Å²) >= 11 is 5.04. The van der Waals surface area contributed by atoms with E-state index in [0.29, 0.717) is 42.7 Å². The van der Waals surface area contributed by atoms with Gasteiger partial charge in [0.15, 0.2) is 11.6 Å². The number of carbonyl (C=O) groups excluding carboxylic acids is 6. The van der Waals surface area contributed by atoms with Gasteiger partial charge in [-0.15, -0.1) is 0 Å². The van der Waals surface area contributed by atoms with Crippen LogP contribution in [0.15, 0.2) is 30.2 Å². The zero-order valence-electron chi connectivity index (χ0n) is 54.3. The van der Waals surface area contributed by atoms with Gasteiger partial charge in [0, 0.05) is 64.8 Å². The molecule has 13 rings (SSSR count). The van der Waals surface area contributed by atoms with E-state index in [4.69, 9.17) is 78.8 Å². The first-order chi connectivity index (χ1) is 45.3. The molecule has 4 spiro atoms. The van der Waals surface area contributed by atoms with Crippen LogP contribution >= 0.6 is 19.2 Å². The number of H-pyrrole nitrogens is 1. The van der Waals surface area contributed by atoms with E-state index in [9.17, 15) is 43.9 Å². The number of hydrogen-bond donors (Lipinski definition) is 7. The smallest absolute Gasteiger partial charge is 0.344 e. The molecule has 4 aliphatic heterocycles. The third-order valence-electron chi connectivity index (χ3n) is 19.6. The van der Waals surface area contributed by atoms with Crippen molar-refractivity contribution in [1.29, 1.82) is 21.0 Å². The van der Waals surface area contributed by atoms with Gasteiger partial charge < -0.3 is 62.0 Å². The maximum Gasteiger partial charge on any atom is 0.344 e. The molecule has 95 heavy (non-hydrogen) atoms. The number of primary amides is 3. The van der Waals surface area contributed by atoms with Crippen molar-refractivity contribution in [1.82, 2.24) is 29.8 Å². The van der Waals surface area contributed by atoms with Crippen LogP contribution in [0, 0.1) is 78.8 Å². The fourth-order valence-electron chi connectivity index (χ4n) is 12.6. The first-order valence-corrected chi connectivity index (χ1v) is 34.5. The first-order valence-electron chi connectivity index (χ1n) is 32.4. The highest BCUT2D eigenvalue weighted by molar-refractivity contribution is 7.54. The van der Waals surface area contributed by atoms with Crippen LogP contribution in [0.4, 0.5) is 17.5 Å². The maximum atomic E-state index is 12.1. The first kappa shape index (κ1) is 74.8. The van der Waals surface area contributed by atoms with Crippen molar-refractivity contribution < 1.29 is 61.3 Å². The number of carbonyl (C=O) groups is 6. The van der Waals surface area contributed by atoms with E-state index < -0.39 is 36.4 Å². The lowest BCUT2D eigenvalue weighted by Crippen LogP contribution is -2.50. The second-order valence-corrected chi connectivity index (χ2v) is 29.1. The standard InChI is InChI=1S/C18H23N5O3.C14H19N5O2.C10H13NO.C8H12O2.C6H12NO3P.C4H5ClO.C4H6N4O/c19-8-7-18(5-3-17(4-6-18)10-26-11-17)23-9-13(14(20)24)15(22-23)21-16(25)12-1-2-12;15-6-5-14(3-1-13(2-4-14)8-21-9-13)19-7-10(12(17)20)11(16)18-19;11-6-3-9-1-4-10(5-2-9)7-12-8-10;9-7-1-3-8(4-2-7)5-10-6-8;1-3-9-11(8,6-5-7)10-4-2;5-4(6)3-1-2-3;5-3-2(4(6)9)1-7-8-3/h9,12H,1-7,10-11H2,(H2,20,24)(H,21,22,25);7H,1-5,8-9H2,(H2,16,18)(H2,17,20);3H,1-2,4-5,7-8H2;1-6H2;3-4,6H2,1-2H3;3H,1-2H2;1H,(H2,6,9)(H3,5,7,8). The fourth-order valence-corrected chi connectivity index (χ4v) is 14.0. The normalized spacial score (nSPS) is 23.2. The van der Waals surface area contributed by atoms with Crippen molar-refractivity contribution in [3.8, 4) is 24.3 Å². The molecular formula is C64H90ClN16O13P. The topological polar surface area (TPSA) is 476 Å². The Bertz CT molecular complexity index is 3400. The number of aromatic amines is 1. The molecule has 516 valence electrons. The molecule has 0 atom stereocenters. The van der Waals surface area contributed by atoms with Gasteiger partial charge in [-0.1, -0.05) is 5.57 Å². The number of rotatable bonds is 15. The Hall–Kier alpha value is -7.57. The highest BCUT2D eigenvalue weighted by atomic mass is 35.5. The largest absolute Gasteiger partial charge is 0.383 e. The molecule has 0 radical (unpaired) electrons. The minimum absolute atomic E-state index is 0.00194. The predicted octanol–water partition coefficient (Wildman–Crippen LogP) is 7.50. The Kier molecular flexibility index (Phi) is 26.3. The zero-order chi connectivity index (χ0) is 69.1. The quantitative estimate of drug-likeness (QED) is 0.0440. The van der Waals surface area contributed by atoms with E-state index in [0.717, 1.165) is 168 Å². The van der Waals surface area contributed by atoms with Gasteiger partial charge in [0.05, 0.1) is 120 Å².